The third kappa shape index (κ3) is 2.23. The van der Waals surface area contributed by atoms with E-state index in [0.717, 1.165) is 5.92 Å². The van der Waals surface area contributed by atoms with E-state index in [9.17, 15) is 4.79 Å². The van der Waals surface area contributed by atoms with Crippen molar-refractivity contribution in [2.24, 2.45) is 11.8 Å². The second-order valence-corrected chi connectivity index (χ2v) is 4.14. The average molecular weight is 169 g/mol. The summed E-state index contributed by atoms with van der Waals surface area (Å²) in [6.07, 6.45) is 3.92. The number of hydrogen-bond donors (Lipinski definition) is 1. The summed E-state index contributed by atoms with van der Waals surface area (Å²) in [6.45, 7) is 5.98. The van der Waals surface area contributed by atoms with Gasteiger partial charge in [-0.15, -0.1) is 0 Å². The number of amides is 1. The predicted molar refractivity (Wildman–Crippen MR) is 49.8 cm³/mol. The minimum absolute atomic E-state index is 0.118. The maximum Gasteiger partial charge on any atom is 0.222 e. The summed E-state index contributed by atoms with van der Waals surface area (Å²) in [6, 6.07) is 0.383. The fourth-order valence-electron chi connectivity index (χ4n) is 1.45. The third-order valence-corrected chi connectivity index (χ3v) is 2.75. The fraction of sp³-hybridized carbons (Fsp3) is 0.900. The molecule has 1 fully saturated rings. The Morgan fingerprint density at radius 2 is 1.92 bits per heavy atom. The first-order valence-corrected chi connectivity index (χ1v) is 4.91. The predicted octanol–water partition coefficient (Wildman–Crippen LogP) is 1.95. The van der Waals surface area contributed by atoms with Crippen molar-refractivity contribution in [2.45, 2.75) is 46.1 Å². The molecule has 1 atom stereocenters. The quantitative estimate of drug-likeness (QED) is 0.687. The second-order valence-electron chi connectivity index (χ2n) is 4.14. The molecule has 2 nitrogen and oxygen atoms in total. The first-order chi connectivity index (χ1) is 5.61. The third-order valence-electron chi connectivity index (χ3n) is 2.75. The van der Waals surface area contributed by atoms with Crippen LogP contribution >= 0.6 is 0 Å². The van der Waals surface area contributed by atoms with Crippen molar-refractivity contribution in [3.8, 4) is 0 Å². The Labute approximate surface area is 74.7 Å². The standard InChI is InChI=1S/C10H19NO/c1-7(2)10(12)11-8(3)9-5-4-6-9/h7-9H,4-6H2,1-3H3,(H,11,12). The zero-order valence-electron chi connectivity index (χ0n) is 8.26. The van der Waals surface area contributed by atoms with E-state index in [0.29, 0.717) is 6.04 Å². The van der Waals surface area contributed by atoms with E-state index in [2.05, 4.69) is 12.2 Å². The molecule has 0 saturated heterocycles. The van der Waals surface area contributed by atoms with Gasteiger partial charge in [-0.2, -0.15) is 0 Å². The van der Waals surface area contributed by atoms with Crippen LogP contribution in [-0.2, 0) is 4.79 Å². The molecule has 1 unspecified atom stereocenters. The van der Waals surface area contributed by atoms with Gasteiger partial charge >= 0.3 is 0 Å². The number of nitrogens with one attached hydrogen (secondary N) is 1. The average Bonchev–Trinajstić information content (AvgIpc) is 1.82. The van der Waals surface area contributed by atoms with E-state index < -0.39 is 0 Å². The molecule has 1 amide bonds. The van der Waals surface area contributed by atoms with Crippen molar-refractivity contribution in [3.05, 3.63) is 0 Å². The minimum atomic E-state index is 0.118. The topological polar surface area (TPSA) is 29.1 Å². The number of carbonyl (C=O) groups excluding carboxylic acids is 1. The molecule has 1 aliphatic rings. The van der Waals surface area contributed by atoms with E-state index in [1.165, 1.54) is 19.3 Å². The molecule has 70 valence electrons. The lowest BCUT2D eigenvalue weighted by Gasteiger charge is -2.32. The van der Waals surface area contributed by atoms with Crippen LogP contribution in [0, 0.1) is 11.8 Å². The van der Waals surface area contributed by atoms with E-state index in [4.69, 9.17) is 0 Å². The highest BCUT2D eigenvalue weighted by Gasteiger charge is 2.25. The van der Waals surface area contributed by atoms with Gasteiger partial charge in [-0.3, -0.25) is 4.79 Å². The van der Waals surface area contributed by atoms with Crippen LogP contribution in [0.5, 0.6) is 0 Å². The number of hydrogen-bond acceptors (Lipinski definition) is 1. The van der Waals surface area contributed by atoms with Gasteiger partial charge in [0, 0.05) is 12.0 Å². The lowest BCUT2D eigenvalue weighted by molar-refractivity contribution is -0.125. The Morgan fingerprint density at radius 3 is 2.25 bits per heavy atom. The Balaban J connectivity index is 2.24. The summed E-state index contributed by atoms with van der Waals surface area (Å²) < 4.78 is 0. The molecule has 0 aromatic heterocycles. The number of rotatable bonds is 3. The first kappa shape index (κ1) is 9.56. The summed E-state index contributed by atoms with van der Waals surface area (Å²) in [5.41, 5.74) is 0. The Kier molecular flexibility index (Phi) is 3.12. The molecule has 0 bridgehead atoms. The van der Waals surface area contributed by atoms with Crippen molar-refractivity contribution in [3.63, 3.8) is 0 Å². The van der Waals surface area contributed by atoms with Crippen molar-refractivity contribution >= 4 is 5.91 Å². The summed E-state index contributed by atoms with van der Waals surface area (Å²) in [5, 5.41) is 3.04. The van der Waals surface area contributed by atoms with Crippen molar-refractivity contribution in [1.29, 1.82) is 0 Å². The van der Waals surface area contributed by atoms with Gasteiger partial charge in [-0.25, -0.2) is 0 Å². The summed E-state index contributed by atoms with van der Waals surface area (Å²) in [4.78, 5) is 11.3. The van der Waals surface area contributed by atoms with Crippen LogP contribution in [0.3, 0.4) is 0 Å². The molecule has 1 rings (SSSR count). The monoisotopic (exact) mass is 169 g/mol. The molecular formula is C10H19NO. The molecule has 0 aliphatic heterocycles. The normalized spacial score (nSPS) is 20.3. The Morgan fingerprint density at radius 1 is 1.33 bits per heavy atom. The van der Waals surface area contributed by atoms with Gasteiger partial charge in [0.05, 0.1) is 0 Å². The van der Waals surface area contributed by atoms with Gasteiger partial charge in [0.2, 0.25) is 5.91 Å². The highest BCUT2D eigenvalue weighted by Crippen LogP contribution is 2.29. The van der Waals surface area contributed by atoms with Gasteiger partial charge in [-0.1, -0.05) is 20.3 Å². The van der Waals surface area contributed by atoms with Gasteiger partial charge in [0.25, 0.3) is 0 Å². The molecule has 12 heavy (non-hydrogen) atoms. The van der Waals surface area contributed by atoms with E-state index >= 15 is 0 Å². The van der Waals surface area contributed by atoms with Crippen LogP contribution < -0.4 is 5.32 Å². The van der Waals surface area contributed by atoms with Crippen LogP contribution in [-0.4, -0.2) is 11.9 Å². The van der Waals surface area contributed by atoms with E-state index in [1.54, 1.807) is 0 Å². The van der Waals surface area contributed by atoms with Crippen LogP contribution in [0.1, 0.15) is 40.0 Å². The highest BCUT2D eigenvalue weighted by molar-refractivity contribution is 5.78. The number of carbonyl (C=O) groups is 1. The maximum atomic E-state index is 11.3. The first-order valence-electron chi connectivity index (χ1n) is 4.91. The largest absolute Gasteiger partial charge is 0.353 e. The van der Waals surface area contributed by atoms with Crippen LogP contribution in [0.25, 0.3) is 0 Å². The summed E-state index contributed by atoms with van der Waals surface area (Å²) in [5.74, 6) is 1.05. The molecule has 1 N–H and O–H groups in total. The SMILES string of the molecule is CC(C)C(=O)NC(C)C1CCC1. The molecule has 2 heteroatoms. The zero-order valence-corrected chi connectivity index (χ0v) is 8.26. The van der Waals surface area contributed by atoms with Crippen LogP contribution in [0.15, 0.2) is 0 Å². The smallest absolute Gasteiger partial charge is 0.222 e. The fourth-order valence-corrected chi connectivity index (χ4v) is 1.45. The Bertz CT molecular complexity index is 161. The summed E-state index contributed by atoms with van der Waals surface area (Å²) >= 11 is 0. The Hall–Kier alpha value is -0.530. The molecule has 1 aliphatic carbocycles. The molecule has 0 aromatic rings. The minimum Gasteiger partial charge on any atom is -0.353 e. The molecule has 1 saturated carbocycles. The highest BCUT2D eigenvalue weighted by atomic mass is 16.1. The van der Waals surface area contributed by atoms with Gasteiger partial charge in [0.1, 0.15) is 0 Å². The van der Waals surface area contributed by atoms with Crippen molar-refractivity contribution in [1.82, 2.24) is 5.32 Å². The molecule has 0 spiro atoms. The molecule has 0 radical (unpaired) electrons. The van der Waals surface area contributed by atoms with E-state index in [1.807, 2.05) is 13.8 Å². The molecular weight excluding hydrogens is 150 g/mol. The van der Waals surface area contributed by atoms with E-state index in [-0.39, 0.29) is 11.8 Å². The van der Waals surface area contributed by atoms with Crippen molar-refractivity contribution < 1.29 is 4.79 Å². The molecule has 0 aromatic carbocycles. The van der Waals surface area contributed by atoms with Gasteiger partial charge < -0.3 is 5.32 Å². The lowest BCUT2D eigenvalue weighted by atomic mass is 9.80. The summed E-state index contributed by atoms with van der Waals surface area (Å²) in [7, 11) is 0. The zero-order chi connectivity index (χ0) is 9.14. The van der Waals surface area contributed by atoms with Crippen LogP contribution in [0.2, 0.25) is 0 Å². The van der Waals surface area contributed by atoms with Crippen LogP contribution in [0.4, 0.5) is 0 Å². The lowest BCUT2D eigenvalue weighted by Crippen LogP contribution is -2.42. The maximum absolute atomic E-state index is 11.3. The second kappa shape index (κ2) is 3.92. The van der Waals surface area contributed by atoms with Crippen molar-refractivity contribution in [2.75, 3.05) is 0 Å². The van der Waals surface area contributed by atoms with Gasteiger partial charge in [0.15, 0.2) is 0 Å². The molecule has 0 heterocycles. The van der Waals surface area contributed by atoms with Gasteiger partial charge in [-0.05, 0) is 25.7 Å².